The zero-order valence-electron chi connectivity index (χ0n) is 22.2. The molecule has 4 heteroatoms. The number of nitrogens with zero attached hydrogens (tertiary/aromatic N) is 1. The zero-order valence-corrected chi connectivity index (χ0v) is 22.2. The van der Waals surface area contributed by atoms with Gasteiger partial charge in [0.15, 0.2) is 0 Å². The summed E-state index contributed by atoms with van der Waals surface area (Å²) >= 11 is 0. The number of aliphatic hydroxyl groups excluding tert-OH is 1. The van der Waals surface area contributed by atoms with Crippen molar-refractivity contribution in [3.8, 4) is 0 Å². The number of carbonyl (C=O) groups is 1. The van der Waals surface area contributed by atoms with Crippen molar-refractivity contribution < 1.29 is 14.6 Å². The van der Waals surface area contributed by atoms with Gasteiger partial charge in [-0.2, -0.15) is 0 Å². The van der Waals surface area contributed by atoms with Crippen LogP contribution in [0.3, 0.4) is 0 Å². The number of carbonyl (C=O) groups excluding carboxylic acids is 1. The number of amides is 1. The molecule has 0 aromatic carbocycles. The normalized spacial score (nSPS) is 43.5. The van der Waals surface area contributed by atoms with Crippen molar-refractivity contribution in [2.45, 2.75) is 110 Å². The van der Waals surface area contributed by atoms with Gasteiger partial charge in [0.25, 0.3) is 0 Å². The smallest absolute Gasteiger partial charge is 0.222 e. The Morgan fingerprint density at radius 1 is 1.12 bits per heavy atom. The van der Waals surface area contributed by atoms with Gasteiger partial charge in [0.05, 0.1) is 12.2 Å². The molecule has 1 aliphatic heterocycles. The van der Waals surface area contributed by atoms with Crippen LogP contribution in [0.4, 0.5) is 0 Å². The van der Waals surface area contributed by atoms with Gasteiger partial charge in [-0.1, -0.05) is 32.4 Å². The summed E-state index contributed by atoms with van der Waals surface area (Å²) < 4.78 is 5.47. The van der Waals surface area contributed by atoms with E-state index in [9.17, 15) is 9.90 Å². The molecule has 34 heavy (non-hydrogen) atoms. The Labute approximate surface area is 207 Å². The van der Waals surface area contributed by atoms with Gasteiger partial charge in [-0.05, 0) is 111 Å². The molecule has 192 valence electrons. The van der Waals surface area contributed by atoms with E-state index < -0.39 is 0 Å². The van der Waals surface area contributed by atoms with Gasteiger partial charge < -0.3 is 14.7 Å². The molecule has 0 aromatic rings. The fraction of sp³-hybridized carbons (Fsp3) is 0.900. The van der Waals surface area contributed by atoms with Crippen LogP contribution in [-0.2, 0) is 9.53 Å². The summed E-state index contributed by atoms with van der Waals surface area (Å²) in [6.45, 7) is 9.32. The minimum absolute atomic E-state index is 0.115. The highest BCUT2D eigenvalue weighted by atomic mass is 16.5. The molecule has 1 heterocycles. The maximum absolute atomic E-state index is 12.9. The Balaban J connectivity index is 1.21. The summed E-state index contributed by atoms with van der Waals surface area (Å²) in [6, 6.07) is 0. The van der Waals surface area contributed by atoms with Gasteiger partial charge in [-0.25, -0.2) is 0 Å². The summed E-state index contributed by atoms with van der Waals surface area (Å²) in [5.41, 5.74) is 2.35. The lowest BCUT2D eigenvalue weighted by Crippen LogP contribution is -2.50. The first-order chi connectivity index (χ1) is 16.3. The average Bonchev–Trinajstić information content (AvgIpc) is 3.20. The minimum atomic E-state index is -0.115. The number of fused-ring (bicyclic) bond motifs is 5. The Morgan fingerprint density at radius 3 is 2.62 bits per heavy atom. The fourth-order valence-electron chi connectivity index (χ4n) is 9.67. The van der Waals surface area contributed by atoms with Gasteiger partial charge in [0.1, 0.15) is 0 Å². The molecule has 5 rings (SSSR count). The van der Waals surface area contributed by atoms with Crippen LogP contribution in [0.5, 0.6) is 0 Å². The number of hydrogen-bond acceptors (Lipinski definition) is 3. The molecule has 0 aromatic heterocycles. The van der Waals surface area contributed by atoms with Crippen molar-refractivity contribution in [2.75, 3.05) is 20.2 Å². The lowest BCUT2D eigenvalue weighted by molar-refractivity contribution is -0.134. The Hall–Kier alpha value is -0.870. The van der Waals surface area contributed by atoms with Crippen LogP contribution in [0.1, 0.15) is 97.8 Å². The molecular formula is C30H49NO3. The highest BCUT2D eigenvalue weighted by molar-refractivity contribution is 5.76. The molecule has 1 amide bonds. The molecule has 1 saturated heterocycles. The Bertz CT molecular complexity index is 786. The van der Waals surface area contributed by atoms with Crippen molar-refractivity contribution in [1.82, 2.24) is 4.90 Å². The second-order valence-corrected chi connectivity index (χ2v) is 13.2. The highest BCUT2D eigenvalue weighted by Crippen LogP contribution is 2.67. The highest BCUT2D eigenvalue weighted by Gasteiger charge is 2.59. The first kappa shape index (κ1) is 24.8. The van der Waals surface area contributed by atoms with Crippen molar-refractivity contribution in [2.24, 2.45) is 40.4 Å². The predicted octanol–water partition coefficient (Wildman–Crippen LogP) is 5.98. The molecule has 1 unspecified atom stereocenters. The molecule has 5 aliphatic rings. The van der Waals surface area contributed by atoms with Crippen molar-refractivity contribution in [3.63, 3.8) is 0 Å². The maximum atomic E-state index is 12.9. The van der Waals surface area contributed by atoms with E-state index in [0.29, 0.717) is 35.2 Å². The number of rotatable bonds is 5. The summed E-state index contributed by atoms with van der Waals surface area (Å²) in [5.74, 6) is 4.22. The van der Waals surface area contributed by atoms with E-state index in [1.54, 1.807) is 12.7 Å². The summed E-state index contributed by atoms with van der Waals surface area (Å²) in [5, 5.41) is 10.3. The molecule has 0 bridgehead atoms. The topological polar surface area (TPSA) is 49.8 Å². The molecule has 0 radical (unpaired) electrons. The third kappa shape index (κ3) is 4.19. The van der Waals surface area contributed by atoms with Gasteiger partial charge >= 0.3 is 0 Å². The van der Waals surface area contributed by atoms with E-state index in [-0.39, 0.29) is 6.10 Å². The number of likely N-dealkylation sites (tertiary alicyclic amines) is 1. The molecule has 4 fully saturated rings. The van der Waals surface area contributed by atoms with E-state index in [0.717, 1.165) is 68.9 Å². The predicted molar refractivity (Wildman–Crippen MR) is 136 cm³/mol. The Kier molecular flexibility index (Phi) is 6.96. The zero-order chi connectivity index (χ0) is 24.1. The lowest BCUT2D eigenvalue weighted by atomic mass is 9.47. The first-order valence-corrected chi connectivity index (χ1v) is 14.4. The van der Waals surface area contributed by atoms with Gasteiger partial charge in [-0.15, -0.1) is 0 Å². The average molecular weight is 472 g/mol. The minimum Gasteiger partial charge on any atom is -0.393 e. The number of aliphatic hydroxyl groups is 1. The molecule has 4 aliphatic carbocycles. The summed E-state index contributed by atoms with van der Waals surface area (Å²) in [4.78, 5) is 15.0. The van der Waals surface area contributed by atoms with Crippen molar-refractivity contribution >= 4 is 5.91 Å². The van der Waals surface area contributed by atoms with Crippen LogP contribution in [0, 0.1) is 40.4 Å². The monoisotopic (exact) mass is 471 g/mol. The van der Waals surface area contributed by atoms with Gasteiger partial charge in [-0.3, -0.25) is 4.79 Å². The van der Waals surface area contributed by atoms with Gasteiger partial charge in [0.2, 0.25) is 5.91 Å². The molecule has 8 atom stereocenters. The van der Waals surface area contributed by atoms with E-state index in [2.05, 4.69) is 31.7 Å². The maximum Gasteiger partial charge on any atom is 0.222 e. The SMILES string of the molecule is COC1CCN(C(=O)CCC(C)[C@H]2CC[C@H]3[C@@H]4CC=C5C[C@@H](O)CC[C@]5(C)[C@H]4CC[C@]23C)CC1. The number of hydrogen-bond donors (Lipinski definition) is 1. The standard InChI is InChI=1S/C30H49NO3/c1-20(5-10-28(33)31-17-13-23(34-4)14-18-31)25-8-9-26-24-7-6-21-19-22(32)11-15-29(21,2)27(24)12-16-30(25,26)3/h6,20,22-27,32H,5,7-19H2,1-4H3/t20?,22-,24-,25+,26-,27-,29-,30+/m0/s1. The molecular weight excluding hydrogens is 422 g/mol. The second-order valence-electron chi connectivity index (χ2n) is 13.2. The van der Waals surface area contributed by atoms with Crippen molar-refractivity contribution in [3.05, 3.63) is 11.6 Å². The molecule has 3 saturated carbocycles. The van der Waals surface area contributed by atoms with Crippen molar-refractivity contribution in [1.29, 1.82) is 0 Å². The van der Waals surface area contributed by atoms with E-state index in [4.69, 9.17) is 4.74 Å². The number of piperidine rings is 1. The molecule has 0 spiro atoms. The number of methoxy groups -OCH3 is 1. The largest absolute Gasteiger partial charge is 0.393 e. The van der Waals surface area contributed by atoms with Gasteiger partial charge in [0, 0.05) is 26.6 Å². The number of ether oxygens (including phenoxy) is 1. The summed E-state index contributed by atoms with van der Waals surface area (Å²) in [6.07, 6.45) is 16.3. The fourth-order valence-corrected chi connectivity index (χ4v) is 9.67. The summed E-state index contributed by atoms with van der Waals surface area (Å²) in [7, 11) is 1.79. The second kappa shape index (κ2) is 9.54. The quantitative estimate of drug-likeness (QED) is 0.502. The van der Waals surface area contributed by atoms with E-state index in [1.165, 1.54) is 38.5 Å². The van der Waals surface area contributed by atoms with E-state index >= 15 is 0 Å². The third-order valence-electron chi connectivity index (χ3n) is 11.8. The van der Waals surface area contributed by atoms with Crippen LogP contribution in [0.2, 0.25) is 0 Å². The van der Waals surface area contributed by atoms with Crippen LogP contribution < -0.4 is 0 Å². The van der Waals surface area contributed by atoms with Crippen LogP contribution >= 0.6 is 0 Å². The molecule has 4 nitrogen and oxygen atoms in total. The Morgan fingerprint density at radius 2 is 1.88 bits per heavy atom. The first-order valence-electron chi connectivity index (χ1n) is 14.4. The van der Waals surface area contributed by atoms with E-state index in [1.807, 2.05) is 0 Å². The molecule has 1 N–H and O–H groups in total. The number of allylic oxidation sites excluding steroid dienone is 1. The van der Waals surface area contributed by atoms with Crippen LogP contribution in [0.25, 0.3) is 0 Å². The van der Waals surface area contributed by atoms with Crippen LogP contribution in [-0.4, -0.2) is 48.3 Å². The third-order valence-corrected chi connectivity index (χ3v) is 11.8. The van der Waals surface area contributed by atoms with Crippen LogP contribution in [0.15, 0.2) is 11.6 Å². The lowest BCUT2D eigenvalue weighted by Gasteiger charge is -2.58.